The maximum Gasteiger partial charge on any atom is 0.167 e. The van der Waals surface area contributed by atoms with Crippen molar-refractivity contribution in [1.29, 1.82) is 0 Å². The summed E-state index contributed by atoms with van der Waals surface area (Å²) in [5.41, 5.74) is 2.01. The van der Waals surface area contributed by atoms with Crippen LogP contribution in [0.4, 0.5) is 5.82 Å². The van der Waals surface area contributed by atoms with Crippen LogP contribution in [0.15, 0.2) is 30.9 Å². The number of imidazole rings is 1. The number of fused-ring (bicyclic) bond motifs is 1. The number of anilines is 1. The summed E-state index contributed by atoms with van der Waals surface area (Å²) in [4.78, 5) is 12.9. The van der Waals surface area contributed by atoms with Crippen LogP contribution >= 0.6 is 22.6 Å². The third kappa shape index (κ3) is 3.95. The summed E-state index contributed by atoms with van der Waals surface area (Å²) in [5.74, 6) is 0.791. The van der Waals surface area contributed by atoms with E-state index in [1.807, 2.05) is 19.1 Å². The van der Waals surface area contributed by atoms with Crippen LogP contribution in [0.3, 0.4) is 0 Å². The molecule has 0 amide bonds. The van der Waals surface area contributed by atoms with E-state index in [0.717, 1.165) is 9.13 Å². The Balaban J connectivity index is 1.55. The molecule has 1 aromatic carbocycles. The summed E-state index contributed by atoms with van der Waals surface area (Å²) >= 11 is 2.09. The van der Waals surface area contributed by atoms with Gasteiger partial charge >= 0.3 is 0 Å². The summed E-state index contributed by atoms with van der Waals surface area (Å²) in [6.07, 6.45) is -0.654. The quantitative estimate of drug-likeness (QED) is 0.294. The lowest BCUT2D eigenvalue weighted by atomic mass is 10.1. The monoisotopic (exact) mass is 527 g/mol. The largest absolute Gasteiger partial charge is 0.507 e. The molecule has 3 aromatic rings. The molecule has 0 radical (unpaired) electrons. The highest BCUT2D eigenvalue weighted by molar-refractivity contribution is 14.1. The lowest BCUT2D eigenvalue weighted by Crippen LogP contribution is -2.33. The molecular weight excluding hydrogens is 505 g/mol. The van der Waals surface area contributed by atoms with Crippen molar-refractivity contribution < 1.29 is 25.2 Å². The van der Waals surface area contributed by atoms with Crippen molar-refractivity contribution in [1.82, 2.24) is 19.5 Å². The first-order chi connectivity index (χ1) is 14.4. The maximum absolute atomic E-state index is 10.3. The van der Waals surface area contributed by atoms with Crippen LogP contribution in [-0.4, -0.2) is 70.9 Å². The van der Waals surface area contributed by atoms with Crippen LogP contribution in [0.5, 0.6) is 5.75 Å². The topological polar surface area (TPSA) is 146 Å². The summed E-state index contributed by atoms with van der Waals surface area (Å²) in [5, 5.41) is 42.6. The highest BCUT2D eigenvalue weighted by atomic mass is 127. The molecule has 5 atom stereocenters. The molecule has 5 N–H and O–H groups in total. The summed E-state index contributed by atoms with van der Waals surface area (Å²) in [6, 6.07) is 5.50. The van der Waals surface area contributed by atoms with Crippen LogP contribution in [0.25, 0.3) is 11.2 Å². The number of hydrogen-bond acceptors (Lipinski definition) is 9. The minimum atomic E-state index is -1.22. The van der Waals surface area contributed by atoms with Crippen molar-refractivity contribution in [2.45, 2.75) is 43.9 Å². The molecule has 4 rings (SSSR count). The van der Waals surface area contributed by atoms with E-state index in [2.05, 4.69) is 42.9 Å². The fourth-order valence-corrected chi connectivity index (χ4v) is 4.15. The highest BCUT2D eigenvalue weighted by Crippen LogP contribution is 2.32. The summed E-state index contributed by atoms with van der Waals surface area (Å²) < 4.78 is 7.90. The predicted octanol–water partition coefficient (Wildman–Crippen LogP) is 0.791. The second kappa shape index (κ2) is 8.59. The Morgan fingerprint density at radius 1 is 1.23 bits per heavy atom. The van der Waals surface area contributed by atoms with Gasteiger partial charge in [0.2, 0.25) is 0 Å². The maximum atomic E-state index is 10.3. The van der Waals surface area contributed by atoms with Gasteiger partial charge in [0.1, 0.15) is 30.4 Å². The van der Waals surface area contributed by atoms with Crippen molar-refractivity contribution in [2.24, 2.45) is 0 Å². The number of nitrogens with one attached hydrogen (secondary N) is 1. The number of aliphatic hydroxyl groups excluding tert-OH is 3. The molecule has 0 bridgehead atoms. The van der Waals surface area contributed by atoms with Crippen molar-refractivity contribution in [2.75, 3.05) is 11.9 Å². The molecule has 3 heterocycles. The fourth-order valence-electron chi connectivity index (χ4n) is 3.57. The number of aromatic hydroxyl groups is 1. The van der Waals surface area contributed by atoms with Crippen LogP contribution < -0.4 is 5.32 Å². The van der Waals surface area contributed by atoms with Crippen LogP contribution in [0, 0.1) is 3.57 Å². The van der Waals surface area contributed by atoms with Crippen LogP contribution in [0.1, 0.15) is 18.7 Å². The van der Waals surface area contributed by atoms with E-state index in [9.17, 15) is 20.4 Å². The average molecular weight is 527 g/mol. The molecule has 0 saturated carbocycles. The lowest BCUT2D eigenvalue weighted by molar-refractivity contribution is -0.0511. The number of rotatable bonds is 6. The van der Waals surface area contributed by atoms with Crippen molar-refractivity contribution >= 4 is 39.6 Å². The number of ether oxygens (including phenoxy) is 1. The zero-order valence-corrected chi connectivity index (χ0v) is 18.2. The second-order valence-electron chi connectivity index (χ2n) is 7.31. The Labute approximate surface area is 185 Å². The van der Waals surface area contributed by atoms with Crippen LogP contribution in [0.2, 0.25) is 0 Å². The molecule has 1 aliphatic heterocycles. The van der Waals surface area contributed by atoms with Gasteiger partial charge in [-0.15, -0.1) is 0 Å². The average Bonchev–Trinajstić information content (AvgIpc) is 3.27. The van der Waals surface area contributed by atoms with E-state index in [1.165, 1.54) is 17.2 Å². The van der Waals surface area contributed by atoms with Crippen molar-refractivity contribution in [3.8, 4) is 5.75 Å². The summed E-state index contributed by atoms with van der Waals surface area (Å²) in [7, 11) is 0. The van der Waals surface area contributed by atoms with E-state index in [4.69, 9.17) is 4.74 Å². The van der Waals surface area contributed by atoms with Gasteiger partial charge in [-0.25, -0.2) is 15.0 Å². The van der Waals surface area contributed by atoms with Gasteiger partial charge in [-0.3, -0.25) is 4.57 Å². The van der Waals surface area contributed by atoms with Gasteiger partial charge in [-0.2, -0.15) is 0 Å². The number of aromatic nitrogens is 4. The SMILES string of the molecule is C[C@H](Cc1ccc(O)c(I)c1)Nc1ncnc2c1ncn2C1O[C@H](CO)[C@@H](O)[C@H]1O. The Morgan fingerprint density at radius 2 is 2.03 bits per heavy atom. The zero-order chi connectivity index (χ0) is 21.4. The summed E-state index contributed by atoms with van der Waals surface area (Å²) in [6.45, 7) is 1.60. The van der Waals surface area contributed by atoms with Gasteiger partial charge in [0.15, 0.2) is 23.2 Å². The van der Waals surface area contributed by atoms with Gasteiger partial charge in [-0.05, 0) is 53.6 Å². The molecule has 0 aliphatic carbocycles. The third-order valence-electron chi connectivity index (χ3n) is 5.09. The Bertz CT molecular complexity index is 1050. The first-order valence-electron chi connectivity index (χ1n) is 9.43. The minimum absolute atomic E-state index is 0.0162. The fraction of sp³-hybridized carbons (Fsp3) is 0.421. The molecule has 160 valence electrons. The molecule has 1 unspecified atom stereocenters. The number of nitrogens with zero attached hydrogens (tertiary/aromatic N) is 4. The smallest absolute Gasteiger partial charge is 0.167 e. The Hall–Kier alpha value is -2.06. The van der Waals surface area contributed by atoms with Crippen LogP contribution in [-0.2, 0) is 11.2 Å². The molecular formula is C19H22IN5O5. The number of phenols is 1. The molecule has 1 aliphatic rings. The minimum Gasteiger partial charge on any atom is -0.507 e. The Kier molecular flexibility index (Phi) is 6.06. The Morgan fingerprint density at radius 3 is 2.73 bits per heavy atom. The highest BCUT2D eigenvalue weighted by Gasteiger charge is 2.44. The predicted molar refractivity (Wildman–Crippen MR) is 116 cm³/mol. The number of halogens is 1. The number of aliphatic hydroxyl groups is 3. The molecule has 10 nitrogen and oxygen atoms in total. The van der Waals surface area contributed by atoms with Gasteiger partial charge in [-0.1, -0.05) is 6.07 Å². The standard InChI is InChI=1S/C19H22IN5O5/c1-9(4-10-2-3-12(27)11(20)5-10)24-17-14-18(22-7-21-17)25(8-23-14)19-16(29)15(28)13(6-26)30-19/h2-3,5,7-9,13,15-16,19,26-29H,4,6H2,1H3,(H,21,22,24)/t9-,13-,15-,16-,19?/m1/s1. The zero-order valence-electron chi connectivity index (χ0n) is 16.1. The number of hydrogen-bond donors (Lipinski definition) is 5. The molecule has 1 saturated heterocycles. The van der Waals surface area contributed by atoms with Gasteiger partial charge in [0.25, 0.3) is 0 Å². The first kappa shape index (κ1) is 21.2. The number of phenolic OH excluding ortho intramolecular Hbond substituents is 1. The van der Waals surface area contributed by atoms with Crippen molar-refractivity contribution in [3.63, 3.8) is 0 Å². The second-order valence-corrected chi connectivity index (χ2v) is 8.47. The molecule has 1 fully saturated rings. The molecule has 2 aromatic heterocycles. The third-order valence-corrected chi connectivity index (χ3v) is 5.95. The van der Waals surface area contributed by atoms with Gasteiger partial charge < -0.3 is 30.5 Å². The first-order valence-corrected chi connectivity index (χ1v) is 10.5. The van der Waals surface area contributed by atoms with E-state index < -0.39 is 31.1 Å². The molecule has 11 heteroatoms. The van der Waals surface area contributed by atoms with Gasteiger partial charge in [0.05, 0.1) is 16.5 Å². The normalized spacial score (nSPS) is 25.0. The molecule has 30 heavy (non-hydrogen) atoms. The lowest BCUT2D eigenvalue weighted by Gasteiger charge is -2.17. The van der Waals surface area contributed by atoms with E-state index in [1.54, 1.807) is 6.07 Å². The van der Waals surface area contributed by atoms with Gasteiger partial charge in [0, 0.05) is 6.04 Å². The van der Waals surface area contributed by atoms with E-state index in [0.29, 0.717) is 23.4 Å². The van der Waals surface area contributed by atoms with E-state index >= 15 is 0 Å². The van der Waals surface area contributed by atoms with E-state index in [-0.39, 0.29) is 11.8 Å². The molecule has 0 spiro atoms. The van der Waals surface area contributed by atoms with Crippen molar-refractivity contribution in [3.05, 3.63) is 40.0 Å². The number of benzene rings is 1.